The number of halogens is 3. The maximum absolute atomic E-state index is 13.3. The molecule has 0 spiro atoms. The highest BCUT2D eigenvalue weighted by Gasteiger charge is 2.17. The molecular weight excluding hydrogens is 279 g/mol. The Morgan fingerprint density at radius 1 is 1.32 bits per heavy atom. The lowest BCUT2D eigenvalue weighted by Crippen LogP contribution is -2.14. The topological polar surface area (TPSA) is 68.0 Å². The van der Waals surface area contributed by atoms with Crippen LogP contribution in [0.2, 0.25) is 0 Å². The quantitative estimate of drug-likeness (QED) is 0.851. The molecule has 0 fully saturated rings. The Labute approximate surface area is 110 Å². The van der Waals surface area contributed by atoms with Gasteiger partial charge in [0.25, 0.3) is 5.91 Å². The summed E-state index contributed by atoms with van der Waals surface area (Å²) in [6.45, 7) is 0.178. The van der Waals surface area contributed by atoms with E-state index < -0.39 is 29.0 Å². The first kappa shape index (κ1) is 13.5. The fourth-order valence-corrected chi connectivity index (χ4v) is 1.97. The third-order valence-corrected chi connectivity index (χ3v) is 3.11. The number of carbonyl (C=O) groups excluding carboxylic acids is 1. The second kappa shape index (κ2) is 5.37. The van der Waals surface area contributed by atoms with Crippen molar-refractivity contribution in [3.63, 3.8) is 0 Å². The standard InChI is InChI=1S/C11H8F3N3OS/c12-5-1-2-6(10(14)9(5)13)17-11(18)7-4-19-8(3-15)16-7/h1-2,4H,3,15H2,(H,17,18). The predicted molar refractivity (Wildman–Crippen MR) is 64.3 cm³/mol. The second-order valence-corrected chi connectivity index (χ2v) is 4.45. The minimum atomic E-state index is -1.64. The molecule has 0 aliphatic rings. The van der Waals surface area contributed by atoms with Crippen LogP contribution in [0.4, 0.5) is 18.9 Å². The number of benzene rings is 1. The van der Waals surface area contributed by atoms with E-state index in [0.29, 0.717) is 5.01 Å². The number of carbonyl (C=O) groups is 1. The highest BCUT2D eigenvalue weighted by Crippen LogP contribution is 2.20. The largest absolute Gasteiger partial charge is 0.325 e. The minimum absolute atomic E-state index is 0.0367. The lowest BCUT2D eigenvalue weighted by Gasteiger charge is -2.05. The number of nitrogens with zero attached hydrogens (tertiary/aromatic N) is 1. The molecule has 0 saturated carbocycles. The highest BCUT2D eigenvalue weighted by molar-refractivity contribution is 7.09. The Morgan fingerprint density at radius 2 is 2.05 bits per heavy atom. The van der Waals surface area contributed by atoms with Crippen LogP contribution in [0.1, 0.15) is 15.5 Å². The molecule has 1 aromatic heterocycles. The van der Waals surface area contributed by atoms with Crippen LogP contribution in [0, 0.1) is 17.5 Å². The van der Waals surface area contributed by atoms with Gasteiger partial charge < -0.3 is 11.1 Å². The molecule has 100 valence electrons. The van der Waals surface area contributed by atoms with Crippen LogP contribution in [0.15, 0.2) is 17.5 Å². The maximum atomic E-state index is 13.3. The van der Waals surface area contributed by atoms with Gasteiger partial charge in [-0.05, 0) is 12.1 Å². The average Bonchev–Trinajstić information content (AvgIpc) is 2.88. The summed E-state index contributed by atoms with van der Waals surface area (Å²) >= 11 is 1.17. The normalized spacial score (nSPS) is 10.5. The van der Waals surface area contributed by atoms with Crippen molar-refractivity contribution in [2.75, 3.05) is 5.32 Å². The van der Waals surface area contributed by atoms with E-state index in [2.05, 4.69) is 10.3 Å². The Morgan fingerprint density at radius 3 is 2.68 bits per heavy atom. The van der Waals surface area contributed by atoms with Crippen molar-refractivity contribution >= 4 is 22.9 Å². The zero-order valence-electron chi connectivity index (χ0n) is 9.41. The second-order valence-electron chi connectivity index (χ2n) is 3.51. The van der Waals surface area contributed by atoms with Crippen molar-refractivity contribution in [3.8, 4) is 0 Å². The fraction of sp³-hybridized carbons (Fsp3) is 0.0909. The van der Waals surface area contributed by atoms with E-state index in [0.717, 1.165) is 12.1 Å². The number of hydrogen-bond donors (Lipinski definition) is 2. The van der Waals surface area contributed by atoms with Crippen molar-refractivity contribution in [1.82, 2.24) is 4.98 Å². The van der Waals surface area contributed by atoms with E-state index in [1.54, 1.807) is 0 Å². The number of nitrogens with one attached hydrogen (secondary N) is 1. The van der Waals surface area contributed by atoms with Gasteiger partial charge in [-0.2, -0.15) is 0 Å². The van der Waals surface area contributed by atoms with Crippen molar-refractivity contribution in [3.05, 3.63) is 45.7 Å². The maximum Gasteiger partial charge on any atom is 0.275 e. The molecule has 0 radical (unpaired) electrons. The van der Waals surface area contributed by atoms with Gasteiger partial charge in [-0.15, -0.1) is 11.3 Å². The molecule has 19 heavy (non-hydrogen) atoms. The van der Waals surface area contributed by atoms with E-state index in [4.69, 9.17) is 5.73 Å². The number of amides is 1. The molecule has 1 amide bonds. The minimum Gasteiger partial charge on any atom is -0.325 e. The van der Waals surface area contributed by atoms with Crippen molar-refractivity contribution in [2.24, 2.45) is 5.73 Å². The highest BCUT2D eigenvalue weighted by atomic mass is 32.1. The smallest absolute Gasteiger partial charge is 0.275 e. The van der Waals surface area contributed by atoms with Crippen LogP contribution in [0.25, 0.3) is 0 Å². The van der Waals surface area contributed by atoms with Crippen molar-refractivity contribution < 1.29 is 18.0 Å². The summed E-state index contributed by atoms with van der Waals surface area (Å²) in [5.74, 6) is -5.14. The number of anilines is 1. The van der Waals surface area contributed by atoms with E-state index in [-0.39, 0.29) is 12.2 Å². The fourth-order valence-electron chi connectivity index (χ4n) is 1.32. The number of thiazole rings is 1. The van der Waals surface area contributed by atoms with E-state index in [1.165, 1.54) is 16.7 Å². The van der Waals surface area contributed by atoms with Crippen LogP contribution in [0.3, 0.4) is 0 Å². The summed E-state index contributed by atoms with van der Waals surface area (Å²) in [6, 6.07) is 1.66. The molecule has 0 bridgehead atoms. The number of rotatable bonds is 3. The first-order chi connectivity index (χ1) is 9.02. The molecule has 0 aliphatic heterocycles. The molecule has 1 aromatic carbocycles. The molecule has 2 aromatic rings. The Kier molecular flexibility index (Phi) is 3.82. The van der Waals surface area contributed by atoms with Gasteiger partial charge in [0.05, 0.1) is 5.69 Å². The van der Waals surface area contributed by atoms with Crippen molar-refractivity contribution in [2.45, 2.75) is 6.54 Å². The monoisotopic (exact) mass is 287 g/mol. The molecule has 4 nitrogen and oxygen atoms in total. The zero-order chi connectivity index (χ0) is 14.0. The summed E-state index contributed by atoms with van der Waals surface area (Å²) in [4.78, 5) is 15.6. The Balaban J connectivity index is 2.21. The van der Waals surface area contributed by atoms with Gasteiger partial charge in [0.2, 0.25) is 0 Å². The van der Waals surface area contributed by atoms with Gasteiger partial charge in [-0.3, -0.25) is 4.79 Å². The molecule has 0 aliphatic carbocycles. The Hall–Kier alpha value is -1.93. The third kappa shape index (κ3) is 2.74. The summed E-state index contributed by atoms with van der Waals surface area (Å²) in [5.41, 5.74) is 4.93. The first-order valence-corrected chi connectivity index (χ1v) is 6.00. The van der Waals surface area contributed by atoms with Gasteiger partial charge in [0.15, 0.2) is 17.5 Å². The molecule has 0 unspecified atom stereocenters. The van der Waals surface area contributed by atoms with Crippen LogP contribution in [-0.4, -0.2) is 10.9 Å². The van der Waals surface area contributed by atoms with E-state index in [1.807, 2.05) is 0 Å². The van der Waals surface area contributed by atoms with Gasteiger partial charge >= 0.3 is 0 Å². The van der Waals surface area contributed by atoms with Crippen molar-refractivity contribution in [1.29, 1.82) is 0 Å². The number of aromatic nitrogens is 1. The molecule has 1 heterocycles. The molecular formula is C11H8F3N3OS. The third-order valence-electron chi connectivity index (χ3n) is 2.24. The number of hydrogen-bond acceptors (Lipinski definition) is 4. The lowest BCUT2D eigenvalue weighted by molar-refractivity contribution is 0.102. The Bertz CT molecular complexity index is 630. The van der Waals surface area contributed by atoms with E-state index >= 15 is 0 Å². The average molecular weight is 287 g/mol. The van der Waals surface area contributed by atoms with Crippen LogP contribution >= 0.6 is 11.3 Å². The molecule has 8 heteroatoms. The zero-order valence-corrected chi connectivity index (χ0v) is 10.2. The predicted octanol–water partition coefficient (Wildman–Crippen LogP) is 2.27. The SMILES string of the molecule is NCc1nc(C(=O)Nc2ccc(F)c(F)c2F)cs1. The number of nitrogens with two attached hydrogens (primary N) is 1. The van der Waals surface area contributed by atoms with Gasteiger partial charge in [0, 0.05) is 11.9 Å². The van der Waals surface area contributed by atoms with Gasteiger partial charge in [-0.25, -0.2) is 18.2 Å². The summed E-state index contributed by atoms with van der Waals surface area (Å²) in [7, 11) is 0. The lowest BCUT2D eigenvalue weighted by atomic mass is 10.2. The van der Waals surface area contributed by atoms with Crippen LogP contribution in [-0.2, 0) is 6.54 Å². The molecule has 0 saturated heterocycles. The van der Waals surface area contributed by atoms with Gasteiger partial charge in [-0.1, -0.05) is 0 Å². The van der Waals surface area contributed by atoms with Gasteiger partial charge in [0.1, 0.15) is 10.7 Å². The first-order valence-electron chi connectivity index (χ1n) is 5.12. The molecule has 3 N–H and O–H groups in total. The summed E-state index contributed by atoms with van der Waals surface area (Å²) in [6.07, 6.45) is 0. The van der Waals surface area contributed by atoms with Crippen LogP contribution in [0.5, 0.6) is 0 Å². The molecule has 2 rings (SSSR count). The van der Waals surface area contributed by atoms with E-state index in [9.17, 15) is 18.0 Å². The van der Waals surface area contributed by atoms with Crippen LogP contribution < -0.4 is 11.1 Å². The summed E-state index contributed by atoms with van der Waals surface area (Å²) < 4.78 is 39.0. The summed E-state index contributed by atoms with van der Waals surface area (Å²) in [5, 5.41) is 4.09. The molecule has 0 atom stereocenters.